The van der Waals surface area contributed by atoms with Crippen molar-refractivity contribution in [2.45, 2.75) is 123 Å². The smallest absolute Gasteiger partial charge is 0.218 e. The first-order valence-corrected chi connectivity index (χ1v) is 15.3. The molecule has 0 radical (unpaired) electrons. The minimum atomic E-state index is -5.12. The van der Waals surface area contributed by atoms with Crippen molar-refractivity contribution >= 4 is 10.4 Å². The predicted octanol–water partition coefficient (Wildman–Crippen LogP) is 4.32. The maximum atomic E-state index is 12.3. The lowest BCUT2D eigenvalue weighted by atomic mass is 9.43. The van der Waals surface area contributed by atoms with E-state index in [0.717, 1.165) is 31.3 Å². The molecule has 8 heteroatoms. The predicted molar refractivity (Wildman–Crippen MR) is 136 cm³/mol. The number of hydrogen-bond acceptors (Lipinski definition) is 7. The first-order chi connectivity index (χ1) is 16.5. The molecule has 0 aromatic carbocycles. The fourth-order valence-electron chi connectivity index (χ4n) is 8.75. The third-order valence-corrected chi connectivity index (χ3v) is 12.0. The Morgan fingerprint density at radius 2 is 1.72 bits per heavy atom. The zero-order valence-corrected chi connectivity index (χ0v) is 23.7. The Bertz CT molecular complexity index is 978. The summed E-state index contributed by atoms with van der Waals surface area (Å²) in [6, 6.07) is 0. The SMILES string of the molecule is CC(C)C(C)CC[C@@H](C)[C@H]1CC[C@H]2C3=C[C@H](OS(=O)(=O)[O-])[C@@]4(O)C[C@@H](O)CC[C@]4(C)[C@@]3(O)CC[C@]12C. The van der Waals surface area contributed by atoms with Gasteiger partial charge in [0.1, 0.15) is 11.7 Å². The molecule has 4 aliphatic rings. The standard InChI is InChI=1S/C28H48O7S/c1-17(2)18(3)7-8-19(4)21-9-10-22-23-15-24(35-36(32,33)34)28(31)16-20(29)11-12-26(28,6)27(23,30)14-13-25(21,22)5/h15,17-22,24,29-31H,7-14,16H2,1-6H3,(H,32,33,34)/p-1/t18?,19-,20+,21-,22+,24+,25-,26-,27-,28+/m1/s1. The van der Waals surface area contributed by atoms with E-state index in [4.69, 9.17) is 4.18 Å². The summed E-state index contributed by atoms with van der Waals surface area (Å²) in [6.07, 6.45) is 5.36. The zero-order chi connectivity index (χ0) is 26.9. The van der Waals surface area contributed by atoms with Crippen LogP contribution < -0.4 is 0 Å². The fraction of sp³-hybridized carbons (Fsp3) is 0.929. The molecule has 0 heterocycles. The van der Waals surface area contributed by atoms with Crippen LogP contribution in [0.3, 0.4) is 0 Å². The molecule has 0 bridgehead atoms. The molecule has 7 nitrogen and oxygen atoms in total. The van der Waals surface area contributed by atoms with Crippen LogP contribution in [0.15, 0.2) is 11.6 Å². The van der Waals surface area contributed by atoms with Gasteiger partial charge >= 0.3 is 0 Å². The summed E-state index contributed by atoms with van der Waals surface area (Å²) in [5.41, 5.74) is -3.68. The van der Waals surface area contributed by atoms with Gasteiger partial charge < -0.3 is 19.9 Å². The maximum absolute atomic E-state index is 12.3. The molecule has 0 aliphatic heterocycles. The first kappa shape index (κ1) is 28.5. The molecule has 3 saturated carbocycles. The summed E-state index contributed by atoms with van der Waals surface area (Å²) in [4.78, 5) is 0. The lowest BCUT2D eigenvalue weighted by Crippen LogP contribution is -2.73. The van der Waals surface area contributed by atoms with Gasteiger partial charge in [0.25, 0.3) is 0 Å². The van der Waals surface area contributed by atoms with E-state index in [2.05, 4.69) is 34.6 Å². The molecular weight excluding hydrogens is 480 g/mol. The van der Waals surface area contributed by atoms with Crippen LogP contribution in [0, 0.1) is 40.4 Å². The molecule has 4 aliphatic carbocycles. The van der Waals surface area contributed by atoms with Gasteiger partial charge in [-0.25, -0.2) is 8.42 Å². The van der Waals surface area contributed by atoms with E-state index in [-0.39, 0.29) is 17.8 Å². The van der Waals surface area contributed by atoms with Crippen LogP contribution in [0.1, 0.15) is 99.3 Å². The van der Waals surface area contributed by atoms with E-state index < -0.39 is 39.2 Å². The molecule has 0 amide bonds. The highest BCUT2D eigenvalue weighted by Gasteiger charge is 2.71. The van der Waals surface area contributed by atoms with Crippen LogP contribution >= 0.6 is 0 Å². The van der Waals surface area contributed by atoms with E-state index in [1.165, 1.54) is 6.42 Å². The highest BCUT2D eigenvalue weighted by atomic mass is 32.3. The van der Waals surface area contributed by atoms with E-state index >= 15 is 0 Å². The van der Waals surface area contributed by atoms with Crippen molar-refractivity contribution < 1.29 is 32.5 Å². The first-order valence-electron chi connectivity index (χ1n) is 14.0. The van der Waals surface area contributed by atoms with Gasteiger partial charge in [-0.15, -0.1) is 0 Å². The Balaban J connectivity index is 1.71. The quantitative estimate of drug-likeness (QED) is 0.256. The number of aliphatic hydroxyl groups is 3. The van der Waals surface area contributed by atoms with Gasteiger partial charge in [0.2, 0.25) is 10.4 Å². The Labute approximate surface area is 217 Å². The van der Waals surface area contributed by atoms with Crippen molar-refractivity contribution in [3.63, 3.8) is 0 Å². The van der Waals surface area contributed by atoms with E-state index in [9.17, 15) is 28.3 Å². The molecule has 4 rings (SSSR count). The lowest BCUT2D eigenvalue weighted by Gasteiger charge is -2.66. The Morgan fingerprint density at radius 1 is 1.06 bits per heavy atom. The molecule has 0 spiro atoms. The molecular formula is C28H47O7S-. The molecule has 3 fully saturated rings. The average molecular weight is 528 g/mol. The summed E-state index contributed by atoms with van der Waals surface area (Å²) < 4.78 is 40.1. The molecule has 0 saturated heterocycles. The second-order valence-corrected chi connectivity index (χ2v) is 14.6. The number of aliphatic hydroxyl groups excluding tert-OH is 1. The Morgan fingerprint density at radius 3 is 2.33 bits per heavy atom. The van der Waals surface area contributed by atoms with Crippen molar-refractivity contribution in [1.29, 1.82) is 0 Å². The number of hydrogen-bond donors (Lipinski definition) is 3. The van der Waals surface area contributed by atoms with Gasteiger partial charge in [0.15, 0.2) is 0 Å². The molecule has 3 N–H and O–H groups in total. The second-order valence-electron chi connectivity index (χ2n) is 13.6. The largest absolute Gasteiger partial charge is 0.726 e. The maximum Gasteiger partial charge on any atom is 0.218 e. The Kier molecular flexibility index (Phi) is 7.36. The van der Waals surface area contributed by atoms with Gasteiger partial charge in [0, 0.05) is 11.8 Å². The third kappa shape index (κ3) is 4.32. The topological polar surface area (TPSA) is 127 Å². The highest BCUT2D eigenvalue weighted by Crippen LogP contribution is 2.69. The minimum absolute atomic E-state index is 0.0277. The second kappa shape index (κ2) is 9.30. The molecule has 0 aromatic heterocycles. The molecule has 0 aromatic rings. The average Bonchev–Trinajstić information content (AvgIpc) is 3.11. The van der Waals surface area contributed by atoms with Crippen LogP contribution in [-0.4, -0.2) is 51.7 Å². The van der Waals surface area contributed by atoms with Crippen molar-refractivity contribution in [3.8, 4) is 0 Å². The highest BCUT2D eigenvalue weighted by molar-refractivity contribution is 7.80. The van der Waals surface area contributed by atoms with Crippen molar-refractivity contribution in [3.05, 3.63) is 11.6 Å². The monoisotopic (exact) mass is 527 g/mol. The minimum Gasteiger partial charge on any atom is -0.726 e. The zero-order valence-electron chi connectivity index (χ0n) is 22.9. The van der Waals surface area contributed by atoms with Gasteiger partial charge in [-0.1, -0.05) is 54.4 Å². The third-order valence-electron chi connectivity index (χ3n) is 11.6. The van der Waals surface area contributed by atoms with Crippen LogP contribution in [0.4, 0.5) is 0 Å². The van der Waals surface area contributed by atoms with Crippen molar-refractivity contribution in [2.75, 3.05) is 0 Å². The van der Waals surface area contributed by atoms with Gasteiger partial charge in [-0.2, -0.15) is 0 Å². The molecule has 1 unspecified atom stereocenters. The van der Waals surface area contributed by atoms with Crippen molar-refractivity contribution in [1.82, 2.24) is 0 Å². The number of rotatable bonds is 7. The summed E-state index contributed by atoms with van der Waals surface area (Å²) in [5, 5.41) is 34.6. The van der Waals surface area contributed by atoms with Crippen molar-refractivity contribution in [2.24, 2.45) is 40.4 Å². The van der Waals surface area contributed by atoms with E-state index in [0.29, 0.717) is 42.9 Å². The molecule has 36 heavy (non-hydrogen) atoms. The van der Waals surface area contributed by atoms with Gasteiger partial charge in [-0.3, -0.25) is 4.18 Å². The van der Waals surface area contributed by atoms with Gasteiger partial charge in [-0.05, 0) is 85.2 Å². The van der Waals surface area contributed by atoms with Crippen LogP contribution in [0.25, 0.3) is 0 Å². The summed E-state index contributed by atoms with van der Waals surface area (Å²) in [5.74, 6) is 2.37. The van der Waals surface area contributed by atoms with E-state index in [1.54, 1.807) is 13.0 Å². The van der Waals surface area contributed by atoms with Crippen LogP contribution in [-0.2, 0) is 14.6 Å². The van der Waals surface area contributed by atoms with Crippen LogP contribution in [0.5, 0.6) is 0 Å². The van der Waals surface area contributed by atoms with E-state index in [1.807, 2.05) is 0 Å². The summed E-state index contributed by atoms with van der Waals surface area (Å²) in [7, 11) is -5.12. The Hall–Kier alpha value is -0.510. The summed E-state index contributed by atoms with van der Waals surface area (Å²) >= 11 is 0. The normalized spacial score (nSPS) is 46.5. The summed E-state index contributed by atoms with van der Waals surface area (Å²) in [6.45, 7) is 13.3. The molecule has 208 valence electrons. The fourth-order valence-corrected chi connectivity index (χ4v) is 9.22. The van der Waals surface area contributed by atoms with Gasteiger partial charge in [0.05, 0.1) is 11.7 Å². The van der Waals surface area contributed by atoms with Crippen LogP contribution in [0.2, 0.25) is 0 Å². The number of fused-ring (bicyclic) bond motifs is 5. The lowest BCUT2D eigenvalue weighted by molar-refractivity contribution is -0.255. The molecule has 10 atom stereocenters.